The first-order valence-corrected chi connectivity index (χ1v) is 24.8. The molecule has 0 atom stereocenters. The Morgan fingerprint density at radius 3 is 1.15 bits per heavy atom. The van der Waals surface area contributed by atoms with Gasteiger partial charge in [-0.05, 0) is 110 Å². The number of anilines is 2. The number of hydrogen-bond acceptors (Lipinski definition) is 10. The number of carbonyl (C=O) groups is 2. The second-order valence-electron chi connectivity index (χ2n) is 21.9. The molecule has 0 bridgehead atoms. The third-order valence-corrected chi connectivity index (χ3v) is 12.9. The molecule has 2 amide bonds. The summed E-state index contributed by atoms with van der Waals surface area (Å²) >= 11 is 0. The Kier molecular flexibility index (Phi) is 17.0. The number of aromatic hydroxyl groups is 2. The van der Waals surface area contributed by atoms with Crippen molar-refractivity contribution in [3.8, 4) is 23.0 Å². The summed E-state index contributed by atoms with van der Waals surface area (Å²) in [6.45, 7) is 31.4. The van der Waals surface area contributed by atoms with Crippen LogP contribution in [0.5, 0.6) is 23.0 Å². The molecule has 360 valence electrons. The maximum absolute atomic E-state index is 12.8. The SMILES string of the molecule is CC(C)(C)c1cc(CC(=O)Nc2ccc(OP3OCCCO3)cc2)cc(C(C)(C)C)c1O.CC1(C)COP(Oc2ccc(NC(=O)Cc3cc(C(C)(C)C)c(O)c(C(C)(C)C)c3)cc2)OC1. The van der Waals surface area contributed by atoms with E-state index in [1.54, 1.807) is 48.5 Å². The van der Waals surface area contributed by atoms with Crippen molar-refractivity contribution in [2.45, 2.75) is 138 Å². The molecule has 12 nitrogen and oxygen atoms in total. The summed E-state index contributed by atoms with van der Waals surface area (Å²) in [6, 6.07) is 22.1. The molecule has 2 fully saturated rings. The van der Waals surface area contributed by atoms with E-state index >= 15 is 0 Å². The van der Waals surface area contributed by atoms with Gasteiger partial charge >= 0.3 is 17.2 Å². The van der Waals surface area contributed by atoms with E-state index in [1.807, 2.05) is 24.3 Å². The van der Waals surface area contributed by atoms with E-state index in [4.69, 9.17) is 27.1 Å². The summed E-state index contributed by atoms with van der Waals surface area (Å²) in [5, 5.41) is 27.6. The third kappa shape index (κ3) is 15.4. The van der Waals surface area contributed by atoms with Crippen LogP contribution in [-0.4, -0.2) is 48.5 Å². The molecule has 14 heteroatoms. The number of hydrogen-bond donors (Lipinski definition) is 4. The second kappa shape index (κ2) is 21.3. The van der Waals surface area contributed by atoms with Gasteiger partial charge in [0, 0.05) is 16.8 Å². The van der Waals surface area contributed by atoms with Crippen molar-refractivity contribution in [3.63, 3.8) is 0 Å². The summed E-state index contributed by atoms with van der Waals surface area (Å²) < 4.78 is 33.7. The highest BCUT2D eigenvalue weighted by molar-refractivity contribution is 7.42. The number of rotatable bonds is 10. The first kappa shape index (κ1) is 52.7. The zero-order valence-corrected chi connectivity index (χ0v) is 43.2. The normalized spacial score (nSPS) is 16.2. The fourth-order valence-corrected chi connectivity index (χ4v) is 9.46. The van der Waals surface area contributed by atoms with Gasteiger partial charge in [0.15, 0.2) is 0 Å². The first-order valence-electron chi connectivity index (χ1n) is 22.6. The highest BCUT2D eigenvalue weighted by atomic mass is 31.2. The van der Waals surface area contributed by atoms with Gasteiger partial charge in [-0.25, -0.2) is 0 Å². The second-order valence-corrected chi connectivity index (χ2v) is 24.2. The fourth-order valence-electron chi connectivity index (χ4n) is 7.04. The van der Waals surface area contributed by atoms with Gasteiger partial charge in [-0.2, -0.15) is 0 Å². The minimum Gasteiger partial charge on any atom is -0.507 e. The molecule has 0 unspecified atom stereocenters. The van der Waals surface area contributed by atoms with Gasteiger partial charge in [-0.1, -0.05) is 121 Å². The van der Waals surface area contributed by atoms with E-state index in [-0.39, 0.29) is 51.7 Å². The van der Waals surface area contributed by atoms with E-state index in [0.717, 1.165) is 39.8 Å². The molecule has 2 heterocycles. The summed E-state index contributed by atoms with van der Waals surface area (Å²) in [4.78, 5) is 25.6. The highest BCUT2D eigenvalue weighted by Crippen LogP contribution is 2.47. The van der Waals surface area contributed by atoms with Crippen molar-refractivity contribution in [2.24, 2.45) is 5.41 Å². The molecule has 2 saturated heterocycles. The topological polar surface area (TPSA) is 154 Å². The Bertz CT molecular complexity index is 2200. The Morgan fingerprint density at radius 2 is 0.848 bits per heavy atom. The molecule has 0 saturated carbocycles. The smallest absolute Gasteiger partial charge is 0.397 e. The van der Waals surface area contributed by atoms with Crippen molar-refractivity contribution >= 4 is 40.4 Å². The van der Waals surface area contributed by atoms with Crippen LogP contribution < -0.4 is 19.7 Å². The molecule has 4 N–H and O–H groups in total. The van der Waals surface area contributed by atoms with E-state index in [1.165, 1.54) is 0 Å². The largest absolute Gasteiger partial charge is 0.507 e. The van der Waals surface area contributed by atoms with Crippen LogP contribution in [0.1, 0.15) is 137 Å². The Hall–Kier alpha value is -4.28. The molecule has 66 heavy (non-hydrogen) atoms. The quantitative estimate of drug-likeness (QED) is 0.113. The number of carbonyl (C=O) groups excluding carboxylic acids is 2. The van der Waals surface area contributed by atoms with Crippen molar-refractivity contribution in [2.75, 3.05) is 37.1 Å². The molecule has 2 aliphatic rings. The van der Waals surface area contributed by atoms with E-state index in [2.05, 4.69) is 108 Å². The monoisotopic (exact) mass is 946 g/mol. The minimum atomic E-state index is -1.40. The van der Waals surface area contributed by atoms with Crippen molar-refractivity contribution in [1.82, 2.24) is 0 Å². The van der Waals surface area contributed by atoms with Gasteiger partial charge in [0.1, 0.15) is 23.0 Å². The van der Waals surface area contributed by atoms with Crippen LogP contribution in [0, 0.1) is 5.41 Å². The summed E-state index contributed by atoms with van der Waals surface area (Å²) in [5.74, 6) is 1.66. The predicted octanol–water partition coefficient (Wildman–Crippen LogP) is 13.1. The molecular weight excluding hydrogens is 875 g/mol. The lowest BCUT2D eigenvalue weighted by Gasteiger charge is -2.32. The van der Waals surface area contributed by atoms with Crippen molar-refractivity contribution in [3.05, 3.63) is 106 Å². The Labute approximate surface area is 395 Å². The number of phenolic OH excluding ortho intramolecular Hbond substituents is 2. The van der Waals surface area contributed by atoms with Gasteiger partial charge < -0.3 is 48.0 Å². The van der Waals surface area contributed by atoms with Crippen LogP contribution in [0.3, 0.4) is 0 Å². The van der Waals surface area contributed by atoms with Gasteiger partial charge in [0.2, 0.25) is 11.8 Å². The summed E-state index contributed by atoms with van der Waals surface area (Å²) in [7, 11) is -2.75. The first-order chi connectivity index (χ1) is 30.6. The third-order valence-electron chi connectivity index (χ3n) is 10.7. The van der Waals surface area contributed by atoms with Crippen LogP contribution in [-0.2, 0) is 62.2 Å². The number of nitrogens with one attached hydrogen (secondary N) is 2. The van der Waals surface area contributed by atoms with Crippen molar-refractivity contribution in [1.29, 1.82) is 0 Å². The molecule has 4 aromatic carbocycles. The molecule has 0 aliphatic carbocycles. The molecule has 4 aromatic rings. The van der Waals surface area contributed by atoms with Gasteiger partial charge in [0.05, 0.1) is 39.3 Å². The molecule has 0 aromatic heterocycles. The Morgan fingerprint density at radius 1 is 0.545 bits per heavy atom. The van der Waals surface area contributed by atoms with E-state index in [9.17, 15) is 19.8 Å². The number of amides is 2. The minimum absolute atomic E-state index is 0.00484. The lowest BCUT2D eigenvalue weighted by Crippen LogP contribution is -2.28. The Balaban J connectivity index is 0.000000248. The van der Waals surface area contributed by atoms with Gasteiger partial charge in [-0.15, -0.1) is 0 Å². The average Bonchev–Trinajstić information content (AvgIpc) is 3.20. The molecule has 0 spiro atoms. The zero-order valence-electron chi connectivity index (χ0n) is 41.4. The highest BCUT2D eigenvalue weighted by Gasteiger charge is 2.32. The molecule has 0 radical (unpaired) electrons. The van der Waals surface area contributed by atoms with E-state index in [0.29, 0.717) is 60.8 Å². The number of phenols is 2. The van der Waals surface area contributed by atoms with Crippen LogP contribution in [0.4, 0.5) is 11.4 Å². The molecule has 2 aliphatic heterocycles. The van der Waals surface area contributed by atoms with Crippen molar-refractivity contribution < 1.29 is 46.9 Å². The van der Waals surface area contributed by atoms with Crippen LogP contribution in [0.25, 0.3) is 0 Å². The predicted molar refractivity (Wildman–Crippen MR) is 266 cm³/mol. The van der Waals surface area contributed by atoms with Gasteiger partial charge in [-0.3, -0.25) is 9.59 Å². The van der Waals surface area contributed by atoms with Gasteiger partial charge in [0.25, 0.3) is 0 Å². The van der Waals surface area contributed by atoms with Crippen LogP contribution in [0.2, 0.25) is 0 Å². The summed E-state index contributed by atoms with van der Waals surface area (Å²) in [5.41, 5.74) is 5.57. The maximum Gasteiger partial charge on any atom is 0.397 e. The van der Waals surface area contributed by atoms with E-state index < -0.39 is 17.2 Å². The number of benzene rings is 4. The fraction of sp³-hybridized carbons (Fsp3) is 0.500. The van der Waals surface area contributed by atoms with Crippen LogP contribution in [0.15, 0.2) is 72.8 Å². The molecular formula is C52H72N2O10P2. The standard InChI is InChI=1S/C27H38NO5P.C25H34NO5P/c1-25(2,3)21-13-18(14-22(24(21)30)26(4,5)6)15-23(29)28-19-9-11-20(12-10-19)33-34-31-16-27(7,8)17-32-34;1-24(2,3)20-14-17(15-21(23(20)28)25(4,5)6)16-22(27)26-18-8-10-19(11-9-18)31-32-29-12-7-13-30-32/h9-14,30H,15-17H2,1-8H3,(H,28,29);8-11,14-15,28H,7,12-13,16H2,1-6H3,(H,26,27). The lowest BCUT2D eigenvalue weighted by atomic mass is 9.78. The maximum atomic E-state index is 12.8. The zero-order chi connectivity index (χ0) is 48.8. The lowest BCUT2D eigenvalue weighted by molar-refractivity contribution is -0.116. The summed E-state index contributed by atoms with van der Waals surface area (Å²) in [6.07, 6.45) is 1.31. The molecule has 6 rings (SSSR count). The average molecular weight is 947 g/mol. The van der Waals surface area contributed by atoms with Crippen LogP contribution >= 0.6 is 17.2 Å².